The second-order valence-corrected chi connectivity index (χ2v) is 8.61. The predicted octanol–water partition coefficient (Wildman–Crippen LogP) is 4.46. The van der Waals surface area contributed by atoms with E-state index in [1.54, 1.807) is 24.3 Å². The highest BCUT2D eigenvalue weighted by Crippen LogP contribution is 2.31. The number of hydrogen-bond acceptors (Lipinski definition) is 5. The molecule has 0 fully saturated rings. The van der Waals surface area contributed by atoms with Gasteiger partial charge in [-0.15, -0.1) is 0 Å². The first-order valence-electron chi connectivity index (χ1n) is 9.71. The number of benzene rings is 3. The lowest BCUT2D eigenvalue weighted by atomic mass is 10.1. The largest absolute Gasteiger partial charge is 0.497 e. The van der Waals surface area contributed by atoms with E-state index < -0.39 is 10.0 Å². The molecule has 0 aliphatic rings. The maximum Gasteiger partial charge on any atom is 0.262 e. The SMILES string of the molecule is COc1ccc(NS(=O)(=O)c2ccc(NC(=O)C=Cc3ccc(C)cc3)cc2)c(OC)c1. The number of anilines is 2. The van der Waals surface area contributed by atoms with E-state index in [0.29, 0.717) is 17.2 Å². The fraction of sp³-hybridized carbons (Fsp3) is 0.125. The highest BCUT2D eigenvalue weighted by atomic mass is 32.2. The van der Waals surface area contributed by atoms with Gasteiger partial charge in [0.05, 0.1) is 24.8 Å². The van der Waals surface area contributed by atoms with E-state index in [2.05, 4.69) is 10.0 Å². The normalized spacial score (nSPS) is 11.2. The van der Waals surface area contributed by atoms with Crippen molar-refractivity contribution in [2.75, 3.05) is 24.3 Å². The number of carbonyl (C=O) groups is 1. The minimum absolute atomic E-state index is 0.0450. The summed E-state index contributed by atoms with van der Waals surface area (Å²) < 4.78 is 38.3. The molecule has 0 saturated carbocycles. The van der Waals surface area contributed by atoms with Crippen LogP contribution in [-0.2, 0) is 14.8 Å². The summed E-state index contributed by atoms with van der Waals surface area (Å²) in [5, 5.41) is 2.71. The lowest BCUT2D eigenvalue weighted by Crippen LogP contribution is -2.14. The highest BCUT2D eigenvalue weighted by molar-refractivity contribution is 7.92. The van der Waals surface area contributed by atoms with Gasteiger partial charge in [0.1, 0.15) is 11.5 Å². The van der Waals surface area contributed by atoms with Gasteiger partial charge in [-0.3, -0.25) is 9.52 Å². The summed E-state index contributed by atoms with van der Waals surface area (Å²) >= 11 is 0. The van der Waals surface area contributed by atoms with E-state index in [1.165, 1.54) is 44.6 Å². The molecule has 0 bridgehead atoms. The molecule has 8 heteroatoms. The third-order valence-electron chi connectivity index (χ3n) is 4.59. The third-order valence-corrected chi connectivity index (χ3v) is 5.97. The van der Waals surface area contributed by atoms with Crippen molar-refractivity contribution in [3.63, 3.8) is 0 Å². The summed E-state index contributed by atoms with van der Waals surface area (Å²) in [6.07, 6.45) is 3.13. The topological polar surface area (TPSA) is 93.7 Å². The molecule has 3 rings (SSSR count). The predicted molar refractivity (Wildman–Crippen MR) is 126 cm³/mol. The van der Waals surface area contributed by atoms with Crippen molar-refractivity contribution in [2.24, 2.45) is 0 Å². The number of sulfonamides is 1. The number of nitrogens with one attached hydrogen (secondary N) is 2. The van der Waals surface area contributed by atoms with Gasteiger partial charge in [0, 0.05) is 17.8 Å². The Hall–Kier alpha value is -3.78. The van der Waals surface area contributed by atoms with Crippen LogP contribution in [0.15, 0.2) is 77.7 Å². The van der Waals surface area contributed by atoms with Crippen LogP contribution in [0.1, 0.15) is 11.1 Å². The number of aryl methyl sites for hydroxylation is 1. The maximum absolute atomic E-state index is 12.7. The van der Waals surface area contributed by atoms with Crippen molar-refractivity contribution in [2.45, 2.75) is 11.8 Å². The van der Waals surface area contributed by atoms with Gasteiger partial charge in [-0.05, 0) is 55.0 Å². The second-order valence-electron chi connectivity index (χ2n) is 6.93. The molecule has 2 N–H and O–H groups in total. The van der Waals surface area contributed by atoms with Crippen molar-refractivity contribution in [1.29, 1.82) is 0 Å². The first kappa shape index (κ1) is 22.9. The molecular weight excluding hydrogens is 428 g/mol. The Bertz CT molecular complexity index is 1220. The van der Waals surface area contributed by atoms with Crippen molar-refractivity contribution in [3.05, 3.63) is 83.9 Å². The van der Waals surface area contributed by atoms with Crippen LogP contribution in [0, 0.1) is 6.92 Å². The smallest absolute Gasteiger partial charge is 0.262 e. The molecule has 0 spiro atoms. The molecular formula is C24H24N2O5S. The van der Waals surface area contributed by atoms with Crippen LogP contribution in [0.2, 0.25) is 0 Å². The van der Waals surface area contributed by atoms with Crippen molar-refractivity contribution >= 4 is 33.4 Å². The molecule has 1 amide bonds. The molecule has 0 aliphatic carbocycles. The first-order chi connectivity index (χ1) is 15.3. The zero-order valence-corrected chi connectivity index (χ0v) is 18.8. The molecule has 0 radical (unpaired) electrons. The first-order valence-corrected chi connectivity index (χ1v) is 11.2. The number of methoxy groups -OCH3 is 2. The molecule has 32 heavy (non-hydrogen) atoms. The van der Waals surface area contributed by atoms with Crippen LogP contribution in [0.4, 0.5) is 11.4 Å². The Balaban J connectivity index is 1.67. The molecule has 0 unspecified atom stereocenters. The molecule has 0 saturated heterocycles. The summed E-state index contributed by atoms with van der Waals surface area (Å²) in [5.74, 6) is 0.556. The maximum atomic E-state index is 12.7. The number of hydrogen-bond donors (Lipinski definition) is 2. The summed E-state index contributed by atoms with van der Waals surface area (Å²) in [6.45, 7) is 1.99. The molecule has 3 aromatic carbocycles. The Morgan fingerprint density at radius 1 is 0.906 bits per heavy atom. The van der Waals surface area contributed by atoms with Crippen LogP contribution in [0.25, 0.3) is 6.08 Å². The molecule has 0 heterocycles. The summed E-state index contributed by atoms with van der Waals surface area (Å²) in [7, 11) is -0.905. The molecule has 7 nitrogen and oxygen atoms in total. The van der Waals surface area contributed by atoms with Gasteiger partial charge >= 0.3 is 0 Å². The Labute approximate surface area is 187 Å². The van der Waals surface area contributed by atoms with E-state index in [0.717, 1.165) is 11.1 Å². The average Bonchev–Trinajstić information content (AvgIpc) is 2.79. The van der Waals surface area contributed by atoms with Gasteiger partial charge < -0.3 is 14.8 Å². The van der Waals surface area contributed by atoms with Crippen LogP contribution in [0.5, 0.6) is 11.5 Å². The van der Waals surface area contributed by atoms with Crippen molar-refractivity contribution < 1.29 is 22.7 Å². The lowest BCUT2D eigenvalue weighted by molar-refractivity contribution is -0.111. The van der Waals surface area contributed by atoms with Crippen LogP contribution in [0.3, 0.4) is 0 Å². The number of carbonyl (C=O) groups excluding carboxylic acids is 1. The van der Waals surface area contributed by atoms with E-state index in [9.17, 15) is 13.2 Å². The molecule has 0 aromatic heterocycles. The number of rotatable bonds is 8. The average molecular weight is 453 g/mol. The second kappa shape index (κ2) is 10.0. The van der Waals surface area contributed by atoms with Crippen molar-refractivity contribution in [3.8, 4) is 11.5 Å². The van der Waals surface area contributed by atoms with Gasteiger partial charge in [0.15, 0.2) is 0 Å². The molecule has 0 aliphatic heterocycles. The van der Waals surface area contributed by atoms with E-state index in [1.807, 2.05) is 31.2 Å². The van der Waals surface area contributed by atoms with Gasteiger partial charge in [-0.2, -0.15) is 0 Å². The lowest BCUT2D eigenvalue weighted by Gasteiger charge is -2.13. The third kappa shape index (κ3) is 5.89. The van der Waals surface area contributed by atoms with E-state index in [4.69, 9.17) is 9.47 Å². The Morgan fingerprint density at radius 3 is 2.22 bits per heavy atom. The molecule has 3 aromatic rings. The Kier molecular flexibility index (Phi) is 7.17. The number of amides is 1. The minimum Gasteiger partial charge on any atom is -0.497 e. The van der Waals surface area contributed by atoms with Crippen LogP contribution in [-0.4, -0.2) is 28.5 Å². The van der Waals surface area contributed by atoms with Gasteiger partial charge in [-0.25, -0.2) is 8.42 Å². The van der Waals surface area contributed by atoms with Crippen LogP contribution >= 0.6 is 0 Å². The molecule has 166 valence electrons. The zero-order valence-electron chi connectivity index (χ0n) is 18.0. The van der Waals surface area contributed by atoms with Gasteiger partial charge in [-0.1, -0.05) is 29.8 Å². The number of ether oxygens (including phenoxy) is 2. The summed E-state index contributed by atoms with van der Waals surface area (Å²) in [4.78, 5) is 12.2. The quantitative estimate of drug-likeness (QED) is 0.492. The van der Waals surface area contributed by atoms with E-state index >= 15 is 0 Å². The fourth-order valence-electron chi connectivity index (χ4n) is 2.84. The zero-order chi connectivity index (χ0) is 23.1. The van der Waals surface area contributed by atoms with Crippen molar-refractivity contribution in [1.82, 2.24) is 0 Å². The van der Waals surface area contributed by atoms with E-state index in [-0.39, 0.29) is 16.5 Å². The summed E-state index contributed by atoms with van der Waals surface area (Å²) in [6, 6.07) is 18.4. The minimum atomic E-state index is -3.86. The Morgan fingerprint density at radius 2 is 1.59 bits per heavy atom. The highest BCUT2D eigenvalue weighted by Gasteiger charge is 2.17. The molecule has 0 atom stereocenters. The van der Waals surface area contributed by atoms with Crippen LogP contribution < -0.4 is 19.5 Å². The van der Waals surface area contributed by atoms with Gasteiger partial charge in [0.2, 0.25) is 5.91 Å². The standard InChI is InChI=1S/C24H24N2O5S/c1-17-4-6-18(7-5-17)8-15-24(27)25-19-9-12-21(13-10-19)32(28,29)26-22-14-11-20(30-2)16-23(22)31-3/h4-16,26H,1-3H3,(H,25,27). The monoisotopic (exact) mass is 452 g/mol. The fourth-order valence-corrected chi connectivity index (χ4v) is 3.91. The summed E-state index contributed by atoms with van der Waals surface area (Å²) in [5.41, 5.74) is 2.81. The van der Waals surface area contributed by atoms with Gasteiger partial charge in [0.25, 0.3) is 10.0 Å².